The number of hydrogen-bond acceptors (Lipinski definition) is 3. The molecule has 1 aliphatic heterocycles. The smallest absolute Gasteiger partial charge is 0.315 e. The Bertz CT molecular complexity index is 400. The van der Waals surface area contributed by atoms with Gasteiger partial charge in [0.05, 0.1) is 6.61 Å². The van der Waals surface area contributed by atoms with Gasteiger partial charge in [-0.3, -0.25) is 0 Å². The number of carbonyl (C=O) groups is 1. The SMILES string of the molecule is CC(C)(C)[C@@H]1CCC[C@H](NC(=O)NC[C@@]2(CCO)CCOC2)CC1. The molecule has 24 heavy (non-hydrogen) atoms. The van der Waals surface area contributed by atoms with E-state index in [-0.39, 0.29) is 24.1 Å². The van der Waals surface area contributed by atoms with E-state index >= 15 is 0 Å². The minimum atomic E-state index is -0.0904. The lowest BCUT2D eigenvalue weighted by Crippen LogP contribution is -2.46. The van der Waals surface area contributed by atoms with Gasteiger partial charge >= 0.3 is 6.03 Å². The van der Waals surface area contributed by atoms with Gasteiger partial charge in [0.2, 0.25) is 0 Å². The van der Waals surface area contributed by atoms with E-state index in [1.54, 1.807) is 0 Å². The Kier molecular flexibility index (Phi) is 6.93. The van der Waals surface area contributed by atoms with Crippen LogP contribution in [-0.4, -0.2) is 43.5 Å². The van der Waals surface area contributed by atoms with Crippen LogP contribution in [0.25, 0.3) is 0 Å². The second-order valence-electron chi connectivity index (χ2n) is 8.87. The summed E-state index contributed by atoms with van der Waals surface area (Å²) < 4.78 is 5.47. The van der Waals surface area contributed by atoms with Gasteiger partial charge in [-0.15, -0.1) is 0 Å². The summed E-state index contributed by atoms with van der Waals surface area (Å²) in [6, 6.07) is 0.212. The molecule has 3 N–H and O–H groups in total. The number of amides is 2. The molecule has 1 saturated heterocycles. The van der Waals surface area contributed by atoms with Crippen molar-refractivity contribution in [2.75, 3.05) is 26.4 Å². The van der Waals surface area contributed by atoms with Gasteiger partial charge in [0.15, 0.2) is 0 Å². The number of urea groups is 1. The lowest BCUT2D eigenvalue weighted by Gasteiger charge is -2.30. The monoisotopic (exact) mass is 340 g/mol. The average molecular weight is 341 g/mol. The van der Waals surface area contributed by atoms with E-state index in [4.69, 9.17) is 4.74 Å². The van der Waals surface area contributed by atoms with E-state index in [0.29, 0.717) is 25.0 Å². The predicted molar refractivity (Wildman–Crippen MR) is 95.9 cm³/mol. The minimum absolute atomic E-state index is 0.0709. The van der Waals surface area contributed by atoms with E-state index in [1.165, 1.54) is 19.3 Å². The van der Waals surface area contributed by atoms with Crippen LogP contribution in [0.3, 0.4) is 0 Å². The van der Waals surface area contributed by atoms with Crippen molar-refractivity contribution in [3.8, 4) is 0 Å². The molecule has 2 fully saturated rings. The summed E-state index contributed by atoms with van der Waals surface area (Å²) in [6.45, 7) is 9.04. The molecule has 1 saturated carbocycles. The second kappa shape index (κ2) is 8.52. The van der Waals surface area contributed by atoms with Gasteiger partial charge in [0.25, 0.3) is 0 Å². The second-order valence-corrected chi connectivity index (χ2v) is 8.87. The van der Waals surface area contributed by atoms with Crippen LogP contribution in [0.2, 0.25) is 0 Å². The molecular formula is C19H36N2O3. The van der Waals surface area contributed by atoms with Crippen molar-refractivity contribution in [2.45, 2.75) is 71.8 Å². The van der Waals surface area contributed by atoms with E-state index in [9.17, 15) is 9.90 Å². The summed E-state index contributed by atoms with van der Waals surface area (Å²) >= 11 is 0. The third kappa shape index (κ3) is 5.62. The number of hydrogen-bond donors (Lipinski definition) is 3. The Morgan fingerprint density at radius 2 is 2.04 bits per heavy atom. The highest BCUT2D eigenvalue weighted by atomic mass is 16.5. The van der Waals surface area contributed by atoms with Crippen LogP contribution >= 0.6 is 0 Å². The average Bonchev–Trinajstić information content (AvgIpc) is 2.83. The molecular weight excluding hydrogens is 304 g/mol. The number of aliphatic hydroxyl groups is 1. The highest BCUT2D eigenvalue weighted by Crippen LogP contribution is 2.36. The van der Waals surface area contributed by atoms with Crippen LogP contribution in [0.15, 0.2) is 0 Å². The molecule has 3 atom stereocenters. The van der Waals surface area contributed by atoms with Crippen molar-refractivity contribution >= 4 is 6.03 Å². The lowest BCUT2D eigenvalue weighted by atomic mass is 9.76. The Morgan fingerprint density at radius 3 is 2.67 bits per heavy atom. The zero-order valence-electron chi connectivity index (χ0n) is 15.7. The molecule has 0 radical (unpaired) electrons. The van der Waals surface area contributed by atoms with E-state index in [0.717, 1.165) is 31.8 Å². The number of aliphatic hydroxyl groups excluding tert-OH is 1. The van der Waals surface area contributed by atoms with Crippen molar-refractivity contribution in [3.63, 3.8) is 0 Å². The maximum atomic E-state index is 12.3. The summed E-state index contributed by atoms with van der Waals surface area (Å²) in [6.07, 6.45) is 7.38. The third-order valence-corrected chi connectivity index (χ3v) is 5.98. The first-order valence-corrected chi connectivity index (χ1v) is 9.58. The van der Waals surface area contributed by atoms with Crippen molar-refractivity contribution in [1.29, 1.82) is 0 Å². The molecule has 1 heterocycles. The third-order valence-electron chi connectivity index (χ3n) is 5.98. The summed E-state index contributed by atoms with van der Waals surface area (Å²) in [5.74, 6) is 0.746. The molecule has 2 rings (SSSR count). The summed E-state index contributed by atoms with van der Waals surface area (Å²) in [4.78, 5) is 12.3. The number of ether oxygens (including phenoxy) is 1. The maximum Gasteiger partial charge on any atom is 0.315 e. The van der Waals surface area contributed by atoms with Crippen LogP contribution in [-0.2, 0) is 4.74 Å². The predicted octanol–water partition coefficient (Wildman–Crippen LogP) is 3.07. The zero-order valence-corrected chi connectivity index (χ0v) is 15.7. The first kappa shape index (κ1) is 19.5. The molecule has 0 bridgehead atoms. The molecule has 140 valence electrons. The van der Waals surface area contributed by atoms with E-state index < -0.39 is 0 Å². The van der Waals surface area contributed by atoms with Crippen LogP contribution in [0.4, 0.5) is 4.79 Å². The van der Waals surface area contributed by atoms with Gasteiger partial charge in [-0.25, -0.2) is 4.79 Å². The summed E-state index contributed by atoms with van der Waals surface area (Å²) in [7, 11) is 0. The Morgan fingerprint density at radius 1 is 1.25 bits per heavy atom. The molecule has 2 aliphatic rings. The minimum Gasteiger partial charge on any atom is -0.396 e. The molecule has 0 unspecified atom stereocenters. The molecule has 2 amide bonds. The number of nitrogens with one attached hydrogen (secondary N) is 2. The van der Waals surface area contributed by atoms with Crippen molar-refractivity contribution in [3.05, 3.63) is 0 Å². The van der Waals surface area contributed by atoms with Gasteiger partial charge in [-0.1, -0.05) is 27.2 Å². The maximum absolute atomic E-state index is 12.3. The highest BCUT2D eigenvalue weighted by Gasteiger charge is 2.35. The Balaban J connectivity index is 1.76. The molecule has 0 spiro atoms. The largest absolute Gasteiger partial charge is 0.396 e. The molecule has 0 aromatic carbocycles. The summed E-state index contributed by atoms with van der Waals surface area (Å²) in [5, 5.41) is 15.4. The fraction of sp³-hybridized carbons (Fsp3) is 0.947. The van der Waals surface area contributed by atoms with Gasteiger partial charge in [0, 0.05) is 31.2 Å². The quantitative estimate of drug-likeness (QED) is 0.674. The van der Waals surface area contributed by atoms with Gasteiger partial charge in [0.1, 0.15) is 0 Å². The first-order valence-electron chi connectivity index (χ1n) is 9.58. The highest BCUT2D eigenvalue weighted by molar-refractivity contribution is 5.74. The Labute approximate surface area is 146 Å². The van der Waals surface area contributed by atoms with Gasteiger partial charge in [-0.05, 0) is 49.9 Å². The summed E-state index contributed by atoms with van der Waals surface area (Å²) in [5.41, 5.74) is 0.267. The van der Waals surface area contributed by atoms with Crippen molar-refractivity contribution < 1.29 is 14.6 Å². The van der Waals surface area contributed by atoms with Gasteiger partial charge in [-0.2, -0.15) is 0 Å². The number of carbonyl (C=O) groups excluding carboxylic acids is 1. The fourth-order valence-corrected chi connectivity index (χ4v) is 4.13. The Hall–Kier alpha value is -0.810. The molecule has 5 nitrogen and oxygen atoms in total. The van der Waals surface area contributed by atoms with Crippen molar-refractivity contribution in [2.24, 2.45) is 16.7 Å². The van der Waals surface area contributed by atoms with Crippen LogP contribution in [0, 0.1) is 16.7 Å². The van der Waals surface area contributed by atoms with Crippen LogP contribution < -0.4 is 10.6 Å². The van der Waals surface area contributed by atoms with Crippen LogP contribution in [0.5, 0.6) is 0 Å². The molecule has 5 heteroatoms. The standard InChI is InChI=1S/C19H36N2O3/c1-18(2,3)15-5-4-6-16(8-7-15)21-17(23)20-13-19(9-11-22)10-12-24-14-19/h15-16,22H,4-14H2,1-3H3,(H2,20,21,23)/t15-,16+,19-/m1/s1. The fourth-order valence-electron chi connectivity index (χ4n) is 4.13. The molecule has 0 aromatic heterocycles. The van der Waals surface area contributed by atoms with E-state index in [1.807, 2.05) is 0 Å². The lowest BCUT2D eigenvalue weighted by molar-refractivity contribution is 0.125. The van der Waals surface area contributed by atoms with Crippen molar-refractivity contribution in [1.82, 2.24) is 10.6 Å². The van der Waals surface area contributed by atoms with E-state index in [2.05, 4.69) is 31.4 Å². The number of rotatable bonds is 5. The molecule has 0 aromatic rings. The topological polar surface area (TPSA) is 70.6 Å². The first-order chi connectivity index (χ1) is 11.3. The molecule has 1 aliphatic carbocycles. The normalized spacial score (nSPS) is 31.5. The van der Waals surface area contributed by atoms with Gasteiger partial charge < -0.3 is 20.5 Å². The zero-order chi connectivity index (χ0) is 17.6. The van der Waals surface area contributed by atoms with Crippen LogP contribution in [0.1, 0.15) is 65.7 Å².